The fraction of sp³-hybridized carbons (Fsp3) is 0. The van der Waals surface area contributed by atoms with Crippen LogP contribution in [0.3, 0.4) is 0 Å². The van der Waals surface area contributed by atoms with Crippen LogP contribution >= 0.6 is 11.6 Å². The van der Waals surface area contributed by atoms with Crippen LogP contribution < -0.4 is 94.2 Å². The van der Waals surface area contributed by atoms with Crippen LogP contribution in [-0.2, 0) is 47.4 Å². The second-order valence-corrected chi connectivity index (χ2v) is 12.3. The van der Waals surface area contributed by atoms with E-state index in [-0.39, 0.29) is 112 Å². The van der Waals surface area contributed by atoms with E-state index >= 15 is 0 Å². The van der Waals surface area contributed by atoms with Gasteiger partial charge in [0.2, 0.25) is 5.95 Å². The van der Waals surface area contributed by atoms with Crippen LogP contribution in [-0.4, -0.2) is 59.1 Å². The molecule has 0 atom stereocenters. The summed E-state index contributed by atoms with van der Waals surface area (Å²) in [5.74, 6) is -3.69. The van der Waals surface area contributed by atoms with Crippen molar-refractivity contribution in [3.8, 4) is 11.5 Å². The molecule has 3 aromatic carbocycles. The van der Waals surface area contributed by atoms with Gasteiger partial charge < -0.3 is 23.9 Å². The average molecular weight is 797 g/mol. The molecule has 0 aliphatic rings. The summed E-state index contributed by atoms with van der Waals surface area (Å²) in [6, 6.07) is 4.12. The van der Waals surface area contributed by atoms with Crippen LogP contribution in [0.15, 0.2) is 66.3 Å². The SMILES string of the molecule is O=S(=O)([O-])c1cc(S(=O)(=O)[O-])c2c(O)c(N=Nc3cccc(N=c4nc(F)[nH]c(F)c4Cl)c3O)c(S(=O)(=O)[O-])cc2c1.[Cu+2].[Na+].[Na+].[Na+]. The number of azo groups is 1. The van der Waals surface area contributed by atoms with Crippen LogP contribution in [0.25, 0.3) is 10.8 Å². The second-order valence-electron chi connectivity index (χ2n) is 7.89. The minimum atomic E-state index is -5.66. The minimum absolute atomic E-state index is 0. The Kier molecular flexibility index (Phi) is 16.7. The van der Waals surface area contributed by atoms with E-state index in [1.54, 1.807) is 4.98 Å². The third-order valence-electron chi connectivity index (χ3n) is 5.20. The second kappa shape index (κ2) is 16.9. The number of nitrogens with zero attached hydrogens (tertiary/aromatic N) is 4. The molecule has 4 aromatic rings. The molecule has 1 radical (unpaired) electrons. The standard InChI is InChI=1S/C20H12ClF2N5O11S3.Cu.3Na/c21-14-18(22)25-20(23)26-19(14)24-9-2-1-3-10(16(9)29)27-28-15-12(42(37,38)39)5-7-4-8(40(31,32)33)6-11(41(34,35)36)13(7)17(15)30;;;;/h1-6,29-30H,(H,24,25,26)(H,31,32,33)(H,34,35,36)(H,37,38,39);;;;/q;+2;3*+1/p-3. The first-order chi connectivity index (χ1) is 19.3. The molecule has 0 aliphatic heterocycles. The molecule has 46 heavy (non-hydrogen) atoms. The zero-order valence-corrected chi connectivity index (χ0v) is 33.1. The van der Waals surface area contributed by atoms with Gasteiger partial charge in [0.1, 0.15) is 52.4 Å². The molecule has 26 heteroatoms. The molecule has 0 unspecified atom stereocenters. The Morgan fingerprint density at radius 1 is 0.804 bits per heavy atom. The van der Waals surface area contributed by atoms with Gasteiger partial charge >= 0.3 is 106 Å². The van der Waals surface area contributed by atoms with Gasteiger partial charge in [-0.3, -0.25) is 4.98 Å². The zero-order chi connectivity index (χ0) is 31.4. The summed E-state index contributed by atoms with van der Waals surface area (Å²) in [4.78, 5) is 4.29. The summed E-state index contributed by atoms with van der Waals surface area (Å²) in [6.45, 7) is 0. The molecule has 0 fully saturated rings. The molecule has 0 saturated heterocycles. The Morgan fingerprint density at radius 3 is 1.91 bits per heavy atom. The van der Waals surface area contributed by atoms with E-state index in [2.05, 4.69) is 20.2 Å². The molecule has 0 bridgehead atoms. The number of rotatable bonds is 6. The monoisotopic (exact) mass is 796 g/mol. The smallest absolute Gasteiger partial charge is 0.744 e. The molecule has 0 saturated carbocycles. The summed E-state index contributed by atoms with van der Waals surface area (Å²) < 4.78 is 133. The van der Waals surface area contributed by atoms with E-state index in [0.29, 0.717) is 12.1 Å². The molecular formula is C20H9ClCuF2N5Na3O11S3+2. The molecule has 231 valence electrons. The van der Waals surface area contributed by atoms with Crippen molar-refractivity contribution in [3.63, 3.8) is 0 Å². The van der Waals surface area contributed by atoms with Gasteiger partial charge in [0.05, 0.1) is 14.7 Å². The number of H-pyrrole nitrogens is 1. The van der Waals surface area contributed by atoms with Crippen molar-refractivity contribution in [2.24, 2.45) is 15.2 Å². The van der Waals surface area contributed by atoms with Gasteiger partial charge in [-0.25, -0.2) is 30.2 Å². The first kappa shape index (κ1) is 45.4. The molecule has 3 N–H and O–H groups in total. The maximum Gasteiger partial charge on any atom is 2.00 e. The molecule has 16 nitrogen and oxygen atoms in total. The van der Waals surface area contributed by atoms with Gasteiger partial charge in [-0.15, -0.1) is 10.2 Å². The number of hydrogen-bond acceptors (Lipinski definition) is 15. The van der Waals surface area contributed by atoms with Crippen LogP contribution in [0.1, 0.15) is 0 Å². The number of fused-ring (bicyclic) bond motifs is 1. The van der Waals surface area contributed by atoms with Crippen molar-refractivity contribution < 1.29 is 164 Å². The average Bonchev–Trinajstić information content (AvgIpc) is 2.85. The fourth-order valence-electron chi connectivity index (χ4n) is 3.45. The quantitative estimate of drug-likeness (QED) is 0.0540. The van der Waals surface area contributed by atoms with Gasteiger partial charge in [0.15, 0.2) is 17.0 Å². The molecular weight excluding hydrogens is 788 g/mol. The molecule has 4 rings (SSSR count). The number of nitrogens with one attached hydrogen (secondary N) is 1. The van der Waals surface area contributed by atoms with E-state index in [9.17, 15) is 57.9 Å². The zero-order valence-electron chi connectivity index (χ0n) is 23.0. The number of hydrogen-bond donors (Lipinski definition) is 3. The number of phenolic OH excluding ortho intramolecular Hbond substituents is 2. The van der Waals surface area contributed by atoms with Crippen molar-refractivity contribution in [3.05, 3.63) is 58.9 Å². The molecule has 1 heterocycles. The van der Waals surface area contributed by atoms with Gasteiger partial charge in [-0.2, -0.15) is 13.8 Å². The molecule has 0 aliphatic carbocycles. The predicted molar refractivity (Wildman–Crippen MR) is 131 cm³/mol. The first-order valence-electron chi connectivity index (χ1n) is 10.4. The third-order valence-corrected chi connectivity index (χ3v) is 8.06. The van der Waals surface area contributed by atoms with Crippen molar-refractivity contribution in [2.45, 2.75) is 14.7 Å². The largest absolute Gasteiger partial charge is 2.00 e. The summed E-state index contributed by atoms with van der Waals surface area (Å²) in [5, 5.41) is 25.5. The predicted octanol–water partition coefficient (Wildman–Crippen LogP) is -6.72. The van der Waals surface area contributed by atoms with Crippen molar-refractivity contribution >= 4 is 69.8 Å². The van der Waals surface area contributed by atoms with E-state index < -0.39 is 107 Å². The Bertz CT molecular complexity index is 2270. The number of para-hydroxylation sites is 1. The summed E-state index contributed by atoms with van der Waals surface area (Å²) in [5.41, 5.74) is -3.02. The van der Waals surface area contributed by atoms with Crippen LogP contribution in [0, 0.1) is 12.0 Å². The Labute approximate surface area is 339 Å². The van der Waals surface area contributed by atoms with Crippen LogP contribution in [0.4, 0.5) is 25.8 Å². The molecule has 1 aromatic heterocycles. The number of aromatic nitrogens is 2. The summed E-state index contributed by atoms with van der Waals surface area (Å²) >= 11 is 5.67. The number of aromatic amines is 1. The Morgan fingerprint density at radius 2 is 1.37 bits per heavy atom. The fourth-order valence-corrected chi connectivity index (χ4v) is 5.57. The number of aromatic hydroxyl groups is 2. The van der Waals surface area contributed by atoms with Crippen molar-refractivity contribution in [1.29, 1.82) is 0 Å². The van der Waals surface area contributed by atoms with Crippen molar-refractivity contribution in [2.75, 3.05) is 0 Å². The first-order valence-corrected chi connectivity index (χ1v) is 15.0. The van der Waals surface area contributed by atoms with Gasteiger partial charge in [-0.1, -0.05) is 17.7 Å². The topological polar surface area (TPSA) is 278 Å². The van der Waals surface area contributed by atoms with Crippen LogP contribution in [0.2, 0.25) is 5.02 Å². The number of phenols is 2. The number of halogens is 3. The van der Waals surface area contributed by atoms with E-state index in [1.807, 2.05) is 0 Å². The Balaban J connectivity index is 0.00000506. The third kappa shape index (κ3) is 9.98. The maximum absolute atomic E-state index is 13.7. The van der Waals surface area contributed by atoms with E-state index in [1.165, 1.54) is 0 Å². The van der Waals surface area contributed by atoms with Gasteiger partial charge in [-0.05, 0) is 35.7 Å². The summed E-state index contributed by atoms with van der Waals surface area (Å²) in [6.07, 6.45) is -1.43. The maximum atomic E-state index is 13.7. The van der Waals surface area contributed by atoms with Crippen LogP contribution in [0.5, 0.6) is 11.5 Å². The molecule has 0 amide bonds. The van der Waals surface area contributed by atoms with E-state index in [4.69, 9.17) is 11.6 Å². The Hall–Kier alpha value is -0.601. The number of benzene rings is 3. The van der Waals surface area contributed by atoms with Gasteiger partial charge in [0, 0.05) is 5.39 Å². The molecule has 0 spiro atoms. The van der Waals surface area contributed by atoms with Gasteiger partial charge in [0.25, 0.3) is 6.08 Å². The summed E-state index contributed by atoms with van der Waals surface area (Å²) in [7, 11) is -16.7. The minimum Gasteiger partial charge on any atom is -0.744 e. The van der Waals surface area contributed by atoms with E-state index in [0.717, 1.165) is 18.2 Å². The van der Waals surface area contributed by atoms with Crippen molar-refractivity contribution in [1.82, 2.24) is 9.97 Å². The normalized spacial score (nSPS) is 12.2.